The van der Waals surface area contributed by atoms with Gasteiger partial charge in [-0.15, -0.1) is 0 Å². The van der Waals surface area contributed by atoms with E-state index in [-0.39, 0.29) is 17.7 Å². The maximum Gasteiger partial charge on any atom is 0.293 e. The molecule has 1 unspecified atom stereocenters. The Morgan fingerprint density at radius 3 is 2.73 bits per heavy atom. The van der Waals surface area contributed by atoms with Gasteiger partial charge in [0, 0.05) is 13.2 Å². The molecule has 2 heterocycles. The average molecular weight is 295 g/mol. The van der Waals surface area contributed by atoms with Gasteiger partial charge >= 0.3 is 0 Å². The normalized spacial score (nSPS) is 12.3. The van der Waals surface area contributed by atoms with Gasteiger partial charge < -0.3 is 9.42 Å². The molecule has 3 rings (SSSR count). The standard InChI is InChI=1S/C17H17N3O2/c1-3-15(14-10-6-7-11-18-14)20(2)17(21)16-12-8-4-5-9-13(12)19-22-16/h4-11,15H,3H2,1-2H3. The van der Waals surface area contributed by atoms with Crippen LogP contribution in [0.5, 0.6) is 0 Å². The summed E-state index contributed by atoms with van der Waals surface area (Å²) in [7, 11) is 1.77. The maximum absolute atomic E-state index is 12.8. The quantitative estimate of drug-likeness (QED) is 0.739. The fraction of sp³-hybridized carbons (Fsp3) is 0.235. The van der Waals surface area contributed by atoms with Gasteiger partial charge in [0.1, 0.15) is 5.52 Å². The molecule has 1 atom stereocenters. The van der Waals surface area contributed by atoms with Crippen molar-refractivity contribution >= 4 is 16.8 Å². The van der Waals surface area contributed by atoms with E-state index in [9.17, 15) is 4.79 Å². The highest BCUT2D eigenvalue weighted by atomic mass is 16.5. The number of fused-ring (bicyclic) bond motifs is 1. The van der Waals surface area contributed by atoms with Crippen molar-refractivity contribution in [3.63, 3.8) is 0 Å². The zero-order chi connectivity index (χ0) is 15.5. The molecule has 5 nitrogen and oxygen atoms in total. The van der Waals surface area contributed by atoms with Crippen LogP contribution >= 0.6 is 0 Å². The molecule has 22 heavy (non-hydrogen) atoms. The molecule has 112 valence electrons. The summed E-state index contributed by atoms with van der Waals surface area (Å²) < 4.78 is 5.27. The summed E-state index contributed by atoms with van der Waals surface area (Å²) >= 11 is 0. The Kier molecular flexibility index (Phi) is 3.87. The van der Waals surface area contributed by atoms with Crippen LogP contribution < -0.4 is 0 Å². The van der Waals surface area contributed by atoms with E-state index in [4.69, 9.17) is 4.52 Å². The first-order valence-electron chi connectivity index (χ1n) is 7.25. The minimum atomic E-state index is -0.189. The largest absolute Gasteiger partial charge is 0.350 e. The van der Waals surface area contributed by atoms with Crippen molar-refractivity contribution in [2.45, 2.75) is 19.4 Å². The zero-order valence-corrected chi connectivity index (χ0v) is 12.6. The molecular formula is C17H17N3O2. The number of amides is 1. The smallest absolute Gasteiger partial charge is 0.293 e. The molecule has 0 saturated heterocycles. The average Bonchev–Trinajstić information content (AvgIpc) is 3.00. The molecule has 1 aromatic carbocycles. The third kappa shape index (κ3) is 2.45. The van der Waals surface area contributed by atoms with E-state index in [1.54, 1.807) is 18.1 Å². The van der Waals surface area contributed by atoms with Crippen LogP contribution in [-0.4, -0.2) is 28.0 Å². The van der Waals surface area contributed by atoms with Crippen LogP contribution in [0.3, 0.4) is 0 Å². The van der Waals surface area contributed by atoms with Crippen molar-refractivity contribution in [2.75, 3.05) is 7.05 Å². The number of nitrogens with zero attached hydrogens (tertiary/aromatic N) is 3. The summed E-state index contributed by atoms with van der Waals surface area (Å²) in [5.74, 6) is 0.0821. The van der Waals surface area contributed by atoms with E-state index >= 15 is 0 Å². The maximum atomic E-state index is 12.8. The van der Waals surface area contributed by atoms with Crippen molar-refractivity contribution in [3.8, 4) is 0 Å². The minimum absolute atomic E-state index is 0.0995. The molecule has 0 fully saturated rings. The molecule has 0 aliphatic carbocycles. The Morgan fingerprint density at radius 1 is 1.23 bits per heavy atom. The Bertz CT molecular complexity index is 783. The van der Waals surface area contributed by atoms with Gasteiger partial charge in [0.2, 0.25) is 5.76 Å². The third-order valence-electron chi connectivity index (χ3n) is 3.78. The molecule has 5 heteroatoms. The topological polar surface area (TPSA) is 59.2 Å². The van der Waals surface area contributed by atoms with Crippen LogP contribution in [0, 0.1) is 0 Å². The molecule has 0 radical (unpaired) electrons. The number of rotatable bonds is 4. The summed E-state index contributed by atoms with van der Waals surface area (Å²) in [5, 5.41) is 4.67. The highest BCUT2D eigenvalue weighted by Crippen LogP contribution is 2.25. The summed E-state index contributed by atoms with van der Waals surface area (Å²) in [5.41, 5.74) is 1.55. The lowest BCUT2D eigenvalue weighted by Crippen LogP contribution is -2.31. The highest BCUT2D eigenvalue weighted by Gasteiger charge is 2.26. The van der Waals surface area contributed by atoms with Crippen molar-refractivity contribution in [2.24, 2.45) is 0 Å². The Hall–Kier alpha value is -2.69. The molecule has 3 aromatic rings. The molecule has 1 amide bonds. The number of aromatic nitrogens is 2. The zero-order valence-electron chi connectivity index (χ0n) is 12.6. The van der Waals surface area contributed by atoms with Gasteiger partial charge in [-0.1, -0.05) is 30.3 Å². The molecule has 0 N–H and O–H groups in total. The summed E-state index contributed by atoms with van der Waals surface area (Å²) in [6, 6.07) is 13.0. The van der Waals surface area contributed by atoms with Gasteiger partial charge in [0.15, 0.2) is 0 Å². The van der Waals surface area contributed by atoms with E-state index in [1.807, 2.05) is 49.4 Å². The van der Waals surface area contributed by atoms with E-state index in [2.05, 4.69) is 10.1 Å². The van der Waals surface area contributed by atoms with Crippen LogP contribution in [-0.2, 0) is 0 Å². The van der Waals surface area contributed by atoms with E-state index in [1.165, 1.54) is 0 Å². The van der Waals surface area contributed by atoms with Crippen LogP contribution in [0.1, 0.15) is 35.6 Å². The molecule has 0 aliphatic rings. The number of benzene rings is 1. The predicted octanol–water partition coefficient (Wildman–Crippen LogP) is 3.45. The number of hydrogen-bond acceptors (Lipinski definition) is 4. The predicted molar refractivity (Wildman–Crippen MR) is 83.4 cm³/mol. The number of pyridine rings is 1. The van der Waals surface area contributed by atoms with Crippen LogP contribution in [0.15, 0.2) is 53.2 Å². The van der Waals surface area contributed by atoms with Crippen LogP contribution in [0.4, 0.5) is 0 Å². The summed E-state index contributed by atoms with van der Waals surface area (Å²) in [6.07, 6.45) is 2.51. The van der Waals surface area contributed by atoms with Gasteiger partial charge in [-0.05, 0) is 30.7 Å². The third-order valence-corrected chi connectivity index (χ3v) is 3.78. The molecular weight excluding hydrogens is 278 g/mol. The number of carbonyl (C=O) groups excluding carboxylic acids is 1. The Balaban J connectivity index is 1.94. The molecule has 0 spiro atoms. The van der Waals surface area contributed by atoms with E-state index in [0.29, 0.717) is 5.52 Å². The number of hydrogen-bond donors (Lipinski definition) is 0. The second kappa shape index (κ2) is 5.97. The van der Waals surface area contributed by atoms with Crippen LogP contribution in [0.25, 0.3) is 10.9 Å². The fourth-order valence-electron chi connectivity index (χ4n) is 2.60. The number of carbonyl (C=O) groups is 1. The Morgan fingerprint density at radius 2 is 2.00 bits per heavy atom. The first-order valence-corrected chi connectivity index (χ1v) is 7.25. The fourth-order valence-corrected chi connectivity index (χ4v) is 2.60. The van der Waals surface area contributed by atoms with Gasteiger partial charge in [0.25, 0.3) is 5.91 Å². The van der Waals surface area contributed by atoms with Crippen molar-refractivity contribution < 1.29 is 9.32 Å². The minimum Gasteiger partial charge on any atom is -0.350 e. The summed E-state index contributed by atoms with van der Waals surface area (Å²) in [4.78, 5) is 18.8. The van der Waals surface area contributed by atoms with Gasteiger partial charge in [-0.25, -0.2) is 0 Å². The summed E-state index contributed by atoms with van der Waals surface area (Å²) in [6.45, 7) is 2.03. The SMILES string of the molecule is CCC(c1ccccn1)N(C)C(=O)c1onc2ccccc12. The Labute approximate surface area is 128 Å². The molecule has 0 aliphatic heterocycles. The lowest BCUT2D eigenvalue weighted by molar-refractivity contribution is 0.0683. The first kappa shape index (κ1) is 14.3. The van der Waals surface area contributed by atoms with Crippen molar-refractivity contribution in [1.29, 1.82) is 0 Å². The highest BCUT2D eigenvalue weighted by molar-refractivity contribution is 6.03. The molecule has 2 aromatic heterocycles. The van der Waals surface area contributed by atoms with Crippen molar-refractivity contribution in [1.82, 2.24) is 15.0 Å². The lowest BCUT2D eigenvalue weighted by atomic mass is 10.1. The molecule has 0 bridgehead atoms. The second-order valence-electron chi connectivity index (χ2n) is 5.12. The van der Waals surface area contributed by atoms with Crippen molar-refractivity contribution in [3.05, 3.63) is 60.1 Å². The monoisotopic (exact) mass is 295 g/mol. The van der Waals surface area contributed by atoms with Gasteiger partial charge in [0.05, 0.1) is 17.1 Å². The van der Waals surface area contributed by atoms with E-state index in [0.717, 1.165) is 17.5 Å². The lowest BCUT2D eigenvalue weighted by Gasteiger charge is -2.25. The second-order valence-corrected chi connectivity index (χ2v) is 5.12. The van der Waals surface area contributed by atoms with Crippen LogP contribution in [0.2, 0.25) is 0 Å². The van der Waals surface area contributed by atoms with E-state index < -0.39 is 0 Å². The van der Waals surface area contributed by atoms with Gasteiger partial charge in [-0.2, -0.15) is 0 Å². The first-order chi connectivity index (χ1) is 10.7. The van der Waals surface area contributed by atoms with Gasteiger partial charge in [-0.3, -0.25) is 9.78 Å². The molecule has 0 saturated carbocycles.